The lowest BCUT2D eigenvalue weighted by molar-refractivity contribution is -0.134. The molecule has 1 aliphatic heterocycles. The van der Waals surface area contributed by atoms with Gasteiger partial charge < -0.3 is 20.1 Å². The molecule has 0 aromatic heterocycles. The lowest BCUT2D eigenvalue weighted by atomic mass is 10.0. The van der Waals surface area contributed by atoms with Crippen molar-refractivity contribution in [1.29, 1.82) is 0 Å². The molecule has 1 saturated heterocycles. The summed E-state index contributed by atoms with van der Waals surface area (Å²) >= 11 is 0. The molecule has 1 heterocycles. The van der Waals surface area contributed by atoms with Crippen molar-refractivity contribution in [2.45, 2.75) is 31.3 Å². The summed E-state index contributed by atoms with van der Waals surface area (Å²) in [4.78, 5) is 14.4. The van der Waals surface area contributed by atoms with Crippen LogP contribution in [-0.4, -0.2) is 44.2 Å². The Labute approximate surface area is 126 Å². The van der Waals surface area contributed by atoms with Crippen LogP contribution in [0.3, 0.4) is 0 Å². The topological polar surface area (TPSA) is 64.8 Å². The van der Waals surface area contributed by atoms with Gasteiger partial charge in [0.25, 0.3) is 0 Å². The summed E-state index contributed by atoms with van der Waals surface area (Å²) in [6.07, 6.45) is 2.55. The molecule has 2 atom stereocenters. The fraction of sp³-hybridized carbons (Fsp3) is 0.562. The minimum Gasteiger partial charge on any atom is -0.497 e. The molecular weight excluding hydrogens is 268 g/mol. The third kappa shape index (κ3) is 3.74. The highest BCUT2D eigenvalue weighted by atomic mass is 16.5. The molecule has 1 fully saturated rings. The Balaban J connectivity index is 2.06. The lowest BCUT2D eigenvalue weighted by Gasteiger charge is -2.27. The number of nitrogens with zero attached hydrogens (tertiary/aromatic N) is 1. The average molecular weight is 292 g/mol. The van der Waals surface area contributed by atoms with Crippen LogP contribution in [-0.2, 0) is 9.53 Å². The Hall–Kier alpha value is -1.59. The Morgan fingerprint density at radius 2 is 2.10 bits per heavy atom. The van der Waals surface area contributed by atoms with E-state index in [9.17, 15) is 4.79 Å². The molecule has 21 heavy (non-hydrogen) atoms. The monoisotopic (exact) mass is 292 g/mol. The van der Waals surface area contributed by atoms with Gasteiger partial charge in [0.15, 0.2) is 0 Å². The van der Waals surface area contributed by atoms with Gasteiger partial charge in [0.1, 0.15) is 5.75 Å². The van der Waals surface area contributed by atoms with Gasteiger partial charge in [-0.3, -0.25) is 4.79 Å². The summed E-state index contributed by atoms with van der Waals surface area (Å²) in [5, 5.41) is 0. The maximum atomic E-state index is 12.5. The Morgan fingerprint density at radius 3 is 2.71 bits per heavy atom. The van der Waals surface area contributed by atoms with Gasteiger partial charge in [-0.1, -0.05) is 12.1 Å². The molecule has 1 amide bonds. The van der Waals surface area contributed by atoms with Crippen LogP contribution in [0.4, 0.5) is 0 Å². The molecule has 5 heteroatoms. The Bertz CT molecular complexity index is 461. The third-order valence-corrected chi connectivity index (χ3v) is 3.99. The molecule has 2 rings (SSSR count). The first-order valence-corrected chi connectivity index (χ1v) is 7.36. The quantitative estimate of drug-likeness (QED) is 0.867. The second kappa shape index (κ2) is 7.43. The van der Waals surface area contributed by atoms with Gasteiger partial charge in [0.05, 0.1) is 19.2 Å². The molecule has 5 nitrogen and oxygen atoms in total. The average Bonchev–Trinajstić information content (AvgIpc) is 3.01. The van der Waals surface area contributed by atoms with E-state index in [0.717, 1.165) is 30.7 Å². The summed E-state index contributed by atoms with van der Waals surface area (Å²) in [6.45, 7) is 1.28. The maximum absolute atomic E-state index is 12.5. The molecule has 0 bridgehead atoms. The van der Waals surface area contributed by atoms with Gasteiger partial charge in [-0.2, -0.15) is 0 Å². The van der Waals surface area contributed by atoms with E-state index in [1.165, 1.54) is 0 Å². The van der Waals surface area contributed by atoms with Gasteiger partial charge in [-0.15, -0.1) is 0 Å². The standard InChI is InChI=1S/C16H24N2O3/c1-20-11-9-14(17)16(19)18-10-3-4-15(18)12-5-7-13(21-2)8-6-12/h5-8,14-15H,3-4,9-11,17H2,1-2H3. The molecule has 1 aromatic rings. The number of rotatable bonds is 6. The molecule has 0 spiro atoms. The maximum Gasteiger partial charge on any atom is 0.240 e. The zero-order valence-electron chi connectivity index (χ0n) is 12.7. The van der Waals surface area contributed by atoms with Crippen molar-refractivity contribution >= 4 is 5.91 Å². The number of ether oxygens (including phenoxy) is 2. The fourth-order valence-electron chi connectivity index (χ4n) is 2.78. The van der Waals surface area contributed by atoms with E-state index in [1.54, 1.807) is 14.2 Å². The number of hydrogen-bond acceptors (Lipinski definition) is 4. The highest BCUT2D eigenvalue weighted by Crippen LogP contribution is 2.33. The van der Waals surface area contributed by atoms with E-state index in [1.807, 2.05) is 29.2 Å². The number of benzene rings is 1. The van der Waals surface area contributed by atoms with Crippen molar-refractivity contribution in [3.63, 3.8) is 0 Å². The summed E-state index contributed by atoms with van der Waals surface area (Å²) in [7, 11) is 3.27. The molecule has 0 aliphatic carbocycles. The van der Waals surface area contributed by atoms with E-state index in [2.05, 4.69) is 0 Å². The summed E-state index contributed by atoms with van der Waals surface area (Å²) in [5.41, 5.74) is 7.12. The molecule has 0 radical (unpaired) electrons. The van der Waals surface area contributed by atoms with Crippen LogP contribution in [0.1, 0.15) is 30.9 Å². The number of amides is 1. The predicted octanol–water partition coefficient (Wildman–Crippen LogP) is 1.72. The number of likely N-dealkylation sites (tertiary alicyclic amines) is 1. The van der Waals surface area contributed by atoms with E-state index in [4.69, 9.17) is 15.2 Å². The number of methoxy groups -OCH3 is 2. The van der Waals surface area contributed by atoms with E-state index in [-0.39, 0.29) is 11.9 Å². The molecule has 1 aliphatic rings. The zero-order chi connectivity index (χ0) is 15.2. The number of hydrogen-bond donors (Lipinski definition) is 1. The highest BCUT2D eigenvalue weighted by Gasteiger charge is 2.32. The van der Waals surface area contributed by atoms with Gasteiger partial charge in [0.2, 0.25) is 5.91 Å². The zero-order valence-corrected chi connectivity index (χ0v) is 12.7. The van der Waals surface area contributed by atoms with Crippen LogP contribution < -0.4 is 10.5 Å². The van der Waals surface area contributed by atoms with Crippen LogP contribution in [0.2, 0.25) is 0 Å². The van der Waals surface area contributed by atoms with Crippen molar-refractivity contribution < 1.29 is 14.3 Å². The first-order valence-electron chi connectivity index (χ1n) is 7.36. The van der Waals surface area contributed by atoms with E-state index >= 15 is 0 Å². The SMILES string of the molecule is COCCC(N)C(=O)N1CCCC1c1ccc(OC)cc1. The highest BCUT2D eigenvalue weighted by molar-refractivity contribution is 5.82. The largest absolute Gasteiger partial charge is 0.497 e. The van der Waals surface area contributed by atoms with Gasteiger partial charge in [-0.05, 0) is 37.0 Å². The Morgan fingerprint density at radius 1 is 1.38 bits per heavy atom. The van der Waals surface area contributed by atoms with Crippen LogP contribution in [0.5, 0.6) is 5.75 Å². The summed E-state index contributed by atoms with van der Waals surface area (Å²) in [6, 6.07) is 7.55. The minimum atomic E-state index is -0.483. The van der Waals surface area contributed by atoms with Crippen molar-refractivity contribution in [3.8, 4) is 5.75 Å². The number of carbonyl (C=O) groups excluding carboxylic acids is 1. The van der Waals surface area contributed by atoms with E-state index in [0.29, 0.717) is 13.0 Å². The van der Waals surface area contributed by atoms with E-state index < -0.39 is 6.04 Å². The molecule has 2 N–H and O–H groups in total. The first kappa shape index (κ1) is 15.8. The van der Waals surface area contributed by atoms with Crippen LogP contribution in [0, 0.1) is 0 Å². The van der Waals surface area contributed by atoms with Gasteiger partial charge in [0, 0.05) is 20.3 Å². The van der Waals surface area contributed by atoms with Gasteiger partial charge in [-0.25, -0.2) is 0 Å². The van der Waals surface area contributed by atoms with Crippen molar-refractivity contribution in [2.75, 3.05) is 27.4 Å². The number of carbonyl (C=O) groups is 1. The van der Waals surface area contributed by atoms with Crippen LogP contribution >= 0.6 is 0 Å². The summed E-state index contributed by atoms with van der Waals surface area (Å²) < 4.78 is 10.2. The number of nitrogens with two attached hydrogens (primary N) is 1. The van der Waals surface area contributed by atoms with Crippen molar-refractivity contribution in [1.82, 2.24) is 4.90 Å². The fourth-order valence-corrected chi connectivity index (χ4v) is 2.78. The third-order valence-electron chi connectivity index (χ3n) is 3.99. The second-order valence-corrected chi connectivity index (χ2v) is 5.35. The minimum absolute atomic E-state index is 0.0189. The smallest absolute Gasteiger partial charge is 0.240 e. The first-order chi connectivity index (χ1) is 10.2. The molecular formula is C16H24N2O3. The summed E-state index contributed by atoms with van der Waals surface area (Å²) in [5.74, 6) is 0.844. The second-order valence-electron chi connectivity index (χ2n) is 5.35. The lowest BCUT2D eigenvalue weighted by Crippen LogP contribution is -2.43. The van der Waals surface area contributed by atoms with Crippen molar-refractivity contribution in [2.24, 2.45) is 5.73 Å². The molecule has 1 aromatic carbocycles. The van der Waals surface area contributed by atoms with Crippen molar-refractivity contribution in [3.05, 3.63) is 29.8 Å². The molecule has 116 valence electrons. The van der Waals surface area contributed by atoms with Gasteiger partial charge >= 0.3 is 0 Å². The normalized spacial score (nSPS) is 19.6. The van der Waals surface area contributed by atoms with Crippen LogP contribution in [0.25, 0.3) is 0 Å². The molecule has 2 unspecified atom stereocenters. The van der Waals surface area contributed by atoms with Crippen LogP contribution in [0.15, 0.2) is 24.3 Å². The Kier molecular flexibility index (Phi) is 5.59. The predicted molar refractivity (Wildman–Crippen MR) is 81.2 cm³/mol. The molecule has 0 saturated carbocycles.